The summed E-state index contributed by atoms with van der Waals surface area (Å²) in [5, 5.41) is 2.80. The first-order valence-corrected chi connectivity index (χ1v) is 10.8. The molecular weight excluding hydrogens is 432 g/mol. The van der Waals surface area contributed by atoms with Gasteiger partial charge in [0.25, 0.3) is 5.91 Å². The van der Waals surface area contributed by atoms with Gasteiger partial charge in [-0.15, -0.1) is 0 Å². The highest BCUT2D eigenvalue weighted by atomic mass is 79.9. The van der Waals surface area contributed by atoms with E-state index in [0.717, 1.165) is 22.9 Å². The fourth-order valence-corrected chi connectivity index (χ4v) is 4.81. The smallest absolute Gasteiger partial charge is 0.259 e. The second-order valence-electron chi connectivity index (χ2n) is 6.39. The van der Waals surface area contributed by atoms with Crippen LogP contribution >= 0.6 is 15.9 Å². The first kappa shape index (κ1) is 19.9. The van der Waals surface area contributed by atoms with Gasteiger partial charge in [0.05, 0.1) is 17.6 Å². The summed E-state index contributed by atoms with van der Waals surface area (Å²) in [5.41, 5.74) is 1.78. The third kappa shape index (κ3) is 4.17. The lowest BCUT2D eigenvalue weighted by Crippen LogP contribution is -2.28. The van der Waals surface area contributed by atoms with E-state index in [-0.39, 0.29) is 10.5 Å². The Morgan fingerprint density at radius 2 is 1.85 bits per heavy atom. The molecule has 1 saturated heterocycles. The number of aryl methyl sites for hydroxylation is 1. The van der Waals surface area contributed by atoms with Crippen LogP contribution in [0.3, 0.4) is 0 Å². The first-order chi connectivity index (χ1) is 12.8. The molecule has 2 aromatic rings. The molecule has 1 N–H and O–H groups in total. The molecule has 1 aliphatic rings. The molecule has 0 bridgehead atoms. The number of halogens is 1. The Labute approximate surface area is 167 Å². The number of nitrogens with one attached hydrogen (secondary N) is 1. The molecule has 144 valence electrons. The number of ether oxygens (including phenoxy) is 1. The lowest BCUT2D eigenvalue weighted by molar-refractivity contribution is 0.102. The summed E-state index contributed by atoms with van der Waals surface area (Å²) in [6.07, 6.45) is 1.71. The van der Waals surface area contributed by atoms with Gasteiger partial charge >= 0.3 is 0 Å². The van der Waals surface area contributed by atoms with Crippen LogP contribution in [0.15, 0.2) is 45.8 Å². The van der Waals surface area contributed by atoms with Crippen LogP contribution in [0.1, 0.15) is 28.8 Å². The van der Waals surface area contributed by atoms with Gasteiger partial charge in [-0.3, -0.25) is 4.79 Å². The fraction of sp³-hybridized carbons (Fsp3) is 0.316. The molecular formula is C19H21BrN2O4S. The van der Waals surface area contributed by atoms with Crippen molar-refractivity contribution in [2.75, 3.05) is 25.5 Å². The average Bonchev–Trinajstić information content (AvgIpc) is 3.19. The van der Waals surface area contributed by atoms with Gasteiger partial charge in [-0.1, -0.05) is 15.9 Å². The Balaban J connectivity index is 1.93. The maximum Gasteiger partial charge on any atom is 0.259 e. The molecule has 8 heteroatoms. The maximum absolute atomic E-state index is 12.8. The average molecular weight is 453 g/mol. The number of methoxy groups -OCH3 is 1. The van der Waals surface area contributed by atoms with E-state index in [9.17, 15) is 13.2 Å². The Hall–Kier alpha value is -1.90. The van der Waals surface area contributed by atoms with E-state index >= 15 is 0 Å². The zero-order valence-electron chi connectivity index (χ0n) is 15.2. The van der Waals surface area contributed by atoms with E-state index in [4.69, 9.17) is 4.74 Å². The highest BCUT2D eigenvalue weighted by molar-refractivity contribution is 9.10. The molecule has 6 nitrogen and oxygen atoms in total. The largest absolute Gasteiger partial charge is 0.496 e. The van der Waals surface area contributed by atoms with Crippen LogP contribution in [-0.2, 0) is 10.0 Å². The van der Waals surface area contributed by atoms with Crippen molar-refractivity contribution in [3.8, 4) is 5.75 Å². The van der Waals surface area contributed by atoms with Crippen LogP contribution < -0.4 is 10.1 Å². The summed E-state index contributed by atoms with van der Waals surface area (Å²) in [4.78, 5) is 12.9. The molecule has 1 fully saturated rings. The van der Waals surface area contributed by atoms with Crippen molar-refractivity contribution >= 4 is 37.5 Å². The summed E-state index contributed by atoms with van der Waals surface area (Å²) in [6, 6.07) is 9.83. The molecule has 0 aromatic heterocycles. The number of sulfonamides is 1. The monoisotopic (exact) mass is 452 g/mol. The van der Waals surface area contributed by atoms with Crippen molar-refractivity contribution in [1.29, 1.82) is 0 Å². The number of rotatable bonds is 5. The van der Waals surface area contributed by atoms with Crippen molar-refractivity contribution < 1.29 is 17.9 Å². The number of benzene rings is 2. The molecule has 0 spiro atoms. The summed E-state index contributed by atoms with van der Waals surface area (Å²) >= 11 is 3.42. The highest BCUT2D eigenvalue weighted by Crippen LogP contribution is 2.28. The third-order valence-corrected chi connectivity index (χ3v) is 7.32. The normalized spacial score (nSPS) is 14.9. The lowest BCUT2D eigenvalue weighted by atomic mass is 10.1. The Morgan fingerprint density at radius 3 is 2.48 bits per heavy atom. The minimum atomic E-state index is -3.61. The van der Waals surface area contributed by atoms with Gasteiger partial charge in [-0.2, -0.15) is 4.31 Å². The van der Waals surface area contributed by atoms with Gasteiger partial charge in [0.1, 0.15) is 5.75 Å². The van der Waals surface area contributed by atoms with Crippen LogP contribution in [0, 0.1) is 6.92 Å². The van der Waals surface area contributed by atoms with Gasteiger partial charge in [-0.25, -0.2) is 8.42 Å². The van der Waals surface area contributed by atoms with Crippen molar-refractivity contribution in [3.05, 3.63) is 52.0 Å². The quantitative estimate of drug-likeness (QED) is 0.748. The zero-order valence-corrected chi connectivity index (χ0v) is 17.6. The summed E-state index contributed by atoms with van der Waals surface area (Å²) in [6.45, 7) is 2.94. The van der Waals surface area contributed by atoms with E-state index in [1.54, 1.807) is 6.07 Å². The van der Waals surface area contributed by atoms with Crippen LogP contribution in [0.25, 0.3) is 0 Å². The second kappa shape index (κ2) is 8.00. The minimum Gasteiger partial charge on any atom is -0.496 e. The van der Waals surface area contributed by atoms with Crippen LogP contribution in [0.2, 0.25) is 0 Å². The molecule has 1 amide bonds. The van der Waals surface area contributed by atoms with Gasteiger partial charge < -0.3 is 10.1 Å². The number of hydrogen-bond acceptors (Lipinski definition) is 4. The van der Waals surface area contributed by atoms with E-state index in [2.05, 4.69) is 21.2 Å². The molecule has 0 unspecified atom stereocenters. The van der Waals surface area contributed by atoms with Crippen LogP contribution in [0.5, 0.6) is 5.75 Å². The molecule has 1 aliphatic heterocycles. The number of carbonyl (C=O) groups excluding carboxylic acids is 1. The molecule has 0 aliphatic carbocycles. The topological polar surface area (TPSA) is 75.7 Å². The third-order valence-electron chi connectivity index (χ3n) is 4.53. The molecule has 3 rings (SSSR count). The van der Waals surface area contributed by atoms with Gasteiger partial charge in [0.15, 0.2) is 0 Å². The van der Waals surface area contributed by atoms with Crippen molar-refractivity contribution in [1.82, 2.24) is 4.31 Å². The van der Waals surface area contributed by atoms with E-state index in [1.807, 2.05) is 19.1 Å². The predicted octanol–water partition coefficient (Wildman–Crippen LogP) is 3.80. The molecule has 0 radical (unpaired) electrons. The number of amides is 1. The summed E-state index contributed by atoms with van der Waals surface area (Å²) < 4.78 is 33.3. The second-order valence-corrected chi connectivity index (χ2v) is 9.18. The van der Waals surface area contributed by atoms with E-state index < -0.39 is 15.9 Å². The van der Waals surface area contributed by atoms with Crippen LogP contribution in [0.4, 0.5) is 5.69 Å². The Bertz CT molecular complexity index is 970. The van der Waals surface area contributed by atoms with Gasteiger partial charge in [0.2, 0.25) is 10.0 Å². The predicted molar refractivity (Wildman–Crippen MR) is 108 cm³/mol. The fourth-order valence-electron chi connectivity index (χ4n) is 3.02. The molecule has 0 saturated carbocycles. The lowest BCUT2D eigenvalue weighted by Gasteiger charge is -2.17. The highest BCUT2D eigenvalue weighted by Gasteiger charge is 2.28. The van der Waals surface area contributed by atoms with Crippen molar-refractivity contribution in [2.24, 2.45) is 0 Å². The van der Waals surface area contributed by atoms with E-state index in [1.165, 1.54) is 29.6 Å². The number of anilines is 1. The maximum atomic E-state index is 12.8. The molecule has 2 aromatic carbocycles. The number of hydrogen-bond donors (Lipinski definition) is 1. The Morgan fingerprint density at radius 1 is 1.15 bits per heavy atom. The Kier molecular flexibility index (Phi) is 5.88. The van der Waals surface area contributed by atoms with E-state index in [0.29, 0.717) is 24.5 Å². The van der Waals surface area contributed by atoms with Gasteiger partial charge in [-0.05, 0) is 61.7 Å². The SMILES string of the molecule is COc1ccc(S(=O)(=O)N2CCCC2)cc1C(=O)Nc1ccc(Br)c(C)c1. The zero-order chi connectivity index (χ0) is 19.6. The molecule has 27 heavy (non-hydrogen) atoms. The first-order valence-electron chi connectivity index (χ1n) is 8.58. The summed E-state index contributed by atoms with van der Waals surface area (Å²) in [5.74, 6) is -0.103. The van der Waals surface area contributed by atoms with Crippen molar-refractivity contribution in [2.45, 2.75) is 24.7 Å². The van der Waals surface area contributed by atoms with Gasteiger partial charge in [0, 0.05) is 23.2 Å². The molecule has 0 atom stereocenters. The standard InChI is InChI=1S/C19H21BrN2O4S/c1-13-11-14(5-7-17(13)20)21-19(23)16-12-15(6-8-18(16)26-2)27(24,25)22-9-3-4-10-22/h5-8,11-12H,3-4,9-10H2,1-2H3,(H,21,23). The number of carbonyl (C=O) groups is 1. The molecule has 1 heterocycles. The summed E-state index contributed by atoms with van der Waals surface area (Å²) in [7, 11) is -2.16. The number of nitrogens with zero attached hydrogens (tertiary/aromatic N) is 1. The minimum absolute atomic E-state index is 0.0994. The van der Waals surface area contributed by atoms with Crippen molar-refractivity contribution in [3.63, 3.8) is 0 Å². The van der Waals surface area contributed by atoms with Crippen LogP contribution in [-0.4, -0.2) is 38.8 Å².